The Balaban J connectivity index is 1.71. The number of hydrogen-bond acceptors (Lipinski definition) is 5. The highest BCUT2D eigenvalue weighted by molar-refractivity contribution is 6.04. The molecule has 6 heteroatoms. The normalized spacial score (nSPS) is 10.0. The zero-order valence-corrected chi connectivity index (χ0v) is 14.4. The largest absolute Gasteiger partial charge is 0.324 e. The van der Waals surface area contributed by atoms with Crippen molar-refractivity contribution in [2.75, 3.05) is 10.6 Å². The molecule has 0 radical (unpaired) electrons. The van der Waals surface area contributed by atoms with Gasteiger partial charge in [0, 0.05) is 23.8 Å². The number of aryl methyl sites for hydroxylation is 2. The van der Waals surface area contributed by atoms with Gasteiger partial charge in [-0.3, -0.25) is 4.79 Å². The van der Waals surface area contributed by atoms with Gasteiger partial charge >= 0.3 is 0 Å². The smallest absolute Gasteiger partial charge is 0.258 e. The van der Waals surface area contributed by atoms with Crippen molar-refractivity contribution in [2.24, 2.45) is 0 Å². The number of aromatic nitrogens is 2. The van der Waals surface area contributed by atoms with E-state index in [1.807, 2.05) is 38.1 Å². The van der Waals surface area contributed by atoms with E-state index in [-0.39, 0.29) is 5.91 Å². The van der Waals surface area contributed by atoms with Gasteiger partial charge < -0.3 is 10.6 Å². The maximum atomic E-state index is 12.3. The number of rotatable bonds is 4. The second-order valence-corrected chi connectivity index (χ2v) is 5.89. The Morgan fingerprint density at radius 2 is 1.85 bits per heavy atom. The molecule has 0 aliphatic heterocycles. The summed E-state index contributed by atoms with van der Waals surface area (Å²) >= 11 is 0. The van der Waals surface area contributed by atoms with Crippen molar-refractivity contribution < 1.29 is 4.79 Å². The lowest BCUT2D eigenvalue weighted by atomic mass is 10.1. The highest BCUT2D eigenvalue weighted by Crippen LogP contribution is 2.19. The van der Waals surface area contributed by atoms with E-state index in [0.717, 1.165) is 16.8 Å². The Morgan fingerprint density at radius 3 is 2.58 bits per heavy atom. The van der Waals surface area contributed by atoms with Gasteiger partial charge in [-0.15, -0.1) is 0 Å². The molecule has 0 aliphatic carbocycles. The molecule has 0 unspecified atom stereocenters. The van der Waals surface area contributed by atoms with E-state index in [0.29, 0.717) is 22.8 Å². The minimum absolute atomic E-state index is 0.332. The van der Waals surface area contributed by atoms with E-state index in [9.17, 15) is 4.79 Å². The molecule has 0 spiro atoms. The fraction of sp³-hybridized carbons (Fsp3) is 0.100. The second-order valence-electron chi connectivity index (χ2n) is 5.89. The monoisotopic (exact) mass is 343 g/mol. The number of amides is 1. The number of nitrogens with one attached hydrogen (secondary N) is 2. The Labute approximate surface area is 151 Å². The van der Waals surface area contributed by atoms with Crippen LogP contribution in [0.15, 0.2) is 54.9 Å². The van der Waals surface area contributed by atoms with Gasteiger partial charge in [0.15, 0.2) is 0 Å². The first kappa shape index (κ1) is 17.1. The molecule has 1 aromatic heterocycles. The van der Waals surface area contributed by atoms with Gasteiger partial charge in [-0.25, -0.2) is 9.97 Å². The van der Waals surface area contributed by atoms with Crippen LogP contribution < -0.4 is 10.6 Å². The van der Waals surface area contributed by atoms with Crippen LogP contribution in [0, 0.1) is 25.2 Å². The predicted octanol–water partition coefficient (Wildman–Crippen LogP) is 3.96. The minimum Gasteiger partial charge on any atom is -0.324 e. The maximum absolute atomic E-state index is 12.3. The molecule has 1 amide bonds. The van der Waals surface area contributed by atoms with Crippen molar-refractivity contribution in [3.63, 3.8) is 0 Å². The molecule has 0 atom stereocenters. The van der Waals surface area contributed by atoms with Crippen molar-refractivity contribution in [1.82, 2.24) is 9.97 Å². The molecule has 0 saturated carbocycles. The summed E-state index contributed by atoms with van der Waals surface area (Å²) in [5, 5.41) is 14.8. The van der Waals surface area contributed by atoms with Gasteiger partial charge in [0.2, 0.25) is 5.95 Å². The molecule has 26 heavy (non-hydrogen) atoms. The fourth-order valence-electron chi connectivity index (χ4n) is 2.37. The van der Waals surface area contributed by atoms with E-state index in [1.165, 1.54) is 12.4 Å². The summed E-state index contributed by atoms with van der Waals surface area (Å²) in [5.41, 5.74) is 4.50. The third kappa shape index (κ3) is 4.02. The van der Waals surface area contributed by atoms with Crippen LogP contribution in [0.5, 0.6) is 0 Å². The molecular weight excluding hydrogens is 326 g/mol. The summed E-state index contributed by atoms with van der Waals surface area (Å²) in [4.78, 5) is 20.7. The fourth-order valence-corrected chi connectivity index (χ4v) is 2.37. The molecule has 3 aromatic rings. The van der Waals surface area contributed by atoms with Crippen molar-refractivity contribution in [3.05, 3.63) is 77.1 Å². The van der Waals surface area contributed by atoms with Crippen LogP contribution >= 0.6 is 0 Å². The summed E-state index contributed by atoms with van der Waals surface area (Å²) in [6, 6.07) is 14.8. The SMILES string of the molecule is Cc1ccc(C)c(Nc2ncc(C(=O)Nc3cccc(C#N)c3)cn2)c1. The third-order valence-corrected chi connectivity index (χ3v) is 3.80. The molecule has 0 aliphatic rings. The van der Waals surface area contributed by atoms with E-state index in [1.54, 1.807) is 24.3 Å². The predicted molar refractivity (Wildman–Crippen MR) is 100 cm³/mol. The average Bonchev–Trinajstić information content (AvgIpc) is 2.65. The molecule has 128 valence electrons. The molecule has 2 N–H and O–H groups in total. The van der Waals surface area contributed by atoms with E-state index < -0.39 is 0 Å². The van der Waals surface area contributed by atoms with Gasteiger partial charge in [-0.1, -0.05) is 18.2 Å². The zero-order valence-electron chi connectivity index (χ0n) is 14.4. The second kappa shape index (κ2) is 7.45. The minimum atomic E-state index is -0.335. The number of carbonyl (C=O) groups is 1. The number of nitrogens with zero attached hydrogens (tertiary/aromatic N) is 3. The summed E-state index contributed by atoms with van der Waals surface area (Å²) in [7, 11) is 0. The lowest BCUT2D eigenvalue weighted by Crippen LogP contribution is -2.13. The number of hydrogen-bond donors (Lipinski definition) is 2. The molecular formula is C20H17N5O. The topological polar surface area (TPSA) is 90.7 Å². The standard InChI is InChI=1S/C20H17N5O/c1-13-6-7-14(2)18(8-13)25-20-22-11-16(12-23-20)19(26)24-17-5-3-4-15(9-17)10-21/h3-9,11-12H,1-2H3,(H,24,26)(H,22,23,25). The molecule has 2 aromatic carbocycles. The zero-order chi connectivity index (χ0) is 18.5. The van der Waals surface area contributed by atoms with E-state index in [4.69, 9.17) is 5.26 Å². The first-order valence-corrected chi connectivity index (χ1v) is 8.03. The van der Waals surface area contributed by atoms with Crippen LogP contribution in [0.25, 0.3) is 0 Å². The van der Waals surface area contributed by atoms with Gasteiger partial charge in [-0.2, -0.15) is 5.26 Å². The summed E-state index contributed by atoms with van der Waals surface area (Å²) in [6.45, 7) is 4.01. The van der Waals surface area contributed by atoms with E-state index in [2.05, 4.69) is 20.6 Å². The highest BCUT2D eigenvalue weighted by atomic mass is 16.1. The highest BCUT2D eigenvalue weighted by Gasteiger charge is 2.09. The van der Waals surface area contributed by atoms with Crippen LogP contribution in [0.2, 0.25) is 0 Å². The first-order valence-electron chi connectivity index (χ1n) is 8.03. The van der Waals surface area contributed by atoms with E-state index >= 15 is 0 Å². The van der Waals surface area contributed by atoms with Crippen LogP contribution in [0.1, 0.15) is 27.0 Å². The van der Waals surface area contributed by atoms with Crippen LogP contribution in [0.4, 0.5) is 17.3 Å². The Morgan fingerprint density at radius 1 is 1.08 bits per heavy atom. The van der Waals surface area contributed by atoms with Crippen molar-refractivity contribution in [2.45, 2.75) is 13.8 Å². The quantitative estimate of drug-likeness (QED) is 0.748. The Hall–Kier alpha value is -3.72. The molecule has 0 fully saturated rings. The van der Waals surface area contributed by atoms with Crippen molar-refractivity contribution in [1.29, 1.82) is 5.26 Å². The van der Waals surface area contributed by atoms with Gasteiger partial charge in [-0.05, 0) is 49.2 Å². The lowest BCUT2D eigenvalue weighted by molar-refractivity contribution is 0.102. The number of benzene rings is 2. The summed E-state index contributed by atoms with van der Waals surface area (Å²) in [5.74, 6) is 0.0834. The Kier molecular flexibility index (Phi) is 4.90. The number of nitriles is 1. The van der Waals surface area contributed by atoms with Crippen molar-refractivity contribution >= 4 is 23.2 Å². The van der Waals surface area contributed by atoms with Crippen molar-refractivity contribution in [3.8, 4) is 6.07 Å². The number of anilines is 3. The lowest BCUT2D eigenvalue weighted by Gasteiger charge is -2.09. The molecule has 1 heterocycles. The third-order valence-electron chi connectivity index (χ3n) is 3.80. The average molecular weight is 343 g/mol. The van der Waals surface area contributed by atoms with Gasteiger partial charge in [0.05, 0.1) is 17.2 Å². The van der Waals surface area contributed by atoms with Gasteiger partial charge in [0.25, 0.3) is 5.91 Å². The first-order chi connectivity index (χ1) is 12.5. The van der Waals surface area contributed by atoms with Crippen LogP contribution in [-0.4, -0.2) is 15.9 Å². The molecule has 6 nitrogen and oxygen atoms in total. The molecule has 0 bridgehead atoms. The number of carbonyl (C=O) groups excluding carboxylic acids is 1. The summed E-state index contributed by atoms with van der Waals surface area (Å²) in [6.07, 6.45) is 2.92. The Bertz CT molecular complexity index is 990. The van der Waals surface area contributed by atoms with Crippen LogP contribution in [0.3, 0.4) is 0 Å². The maximum Gasteiger partial charge on any atom is 0.258 e. The molecule has 3 rings (SSSR count). The molecule has 0 saturated heterocycles. The summed E-state index contributed by atoms with van der Waals surface area (Å²) < 4.78 is 0. The van der Waals surface area contributed by atoms with Crippen LogP contribution in [-0.2, 0) is 0 Å². The van der Waals surface area contributed by atoms with Gasteiger partial charge in [0.1, 0.15) is 0 Å².